The number of aliphatic hydroxyl groups is 2. The van der Waals surface area contributed by atoms with E-state index in [-0.39, 0.29) is 33.9 Å². The van der Waals surface area contributed by atoms with Gasteiger partial charge in [0.15, 0.2) is 0 Å². The maximum absolute atomic E-state index is 10.4. The van der Waals surface area contributed by atoms with E-state index in [0.29, 0.717) is 0 Å². The average molecular weight is 196 g/mol. The summed E-state index contributed by atoms with van der Waals surface area (Å²) in [7, 11) is 0. The molecule has 0 saturated heterocycles. The molecule has 2 heteroatoms. The van der Waals surface area contributed by atoms with Crippen molar-refractivity contribution in [1.82, 2.24) is 0 Å². The minimum Gasteiger partial charge on any atom is -0.392 e. The molecule has 3 fully saturated rings. The Morgan fingerprint density at radius 3 is 1.14 bits per heavy atom. The van der Waals surface area contributed by atoms with Crippen molar-refractivity contribution in [3.63, 3.8) is 0 Å². The molecule has 0 spiro atoms. The van der Waals surface area contributed by atoms with Crippen LogP contribution in [0.5, 0.6) is 0 Å². The van der Waals surface area contributed by atoms with Crippen LogP contribution in [0.1, 0.15) is 40.5 Å². The molecule has 0 amide bonds. The molecule has 80 valence electrons. The van der Waals surface area contributed by atoms with Crippen LogP contribution in [-0.2, 0) is 0 Å². The molecule has 4 atom stereocenters. The highest BCUT2D eigenvalue weighted by Crippen LogP contribution is 2.85. The fourth-order valence-electron chi connectivity index (χ4n) is 4.48. The van der Waals surface area contributed by atoms with Gasteiger partial charge in [-0.3, -0.25) is 0 Å². The summed E-state index contributed by atoms with van der Waals surface area (Å²) in [5.41, 5.74) is -0.122. The van der Waals surface area contributed by atoms with Gasteiger partial charge in [0, 0.05) is 21.7 Å². The van der Waals surface area contributed by atoms with Gasteiger partial charge in [-0.05, 0) is 12.8 Å². The van der Waals surface area contributed by atoms with Crippen molar-refractivity contribution < 1.29 is 10.2 Å². The first kappa shape index (κ1) is 9.17. The normalized spacial score (nSPS) is 75.0. The van der Waals surface area contributed by atoms with Crippen LogP contribution >= 0.6 is 0 Å². The lowest BCUT2D eigenvalue weighted by molar-refractivity contribution is -0.0969. The summed E-state index contributed by atoms with van der Waals surface area (Å²) in [5.74, 6) is 0. The molecule has 2 N–H and O–H groups in total. The van der Waals surface area contributed by atoms with Gasteiger partial charge in [0.1, 0.15) is 0 Å². The highest BCUT2D eigenvalue weighted by atomic mass is 16.3. The van der Waals surface area contributed by atoms with Gasteiger partial charge in [0.2, 0.25) is 0 Å². The lowest BCUT2D eigenvalue weighted by Crippen LogP contribution is -2.48. The lowest BCUT2D eigenvalue weighted by atomic mass is 9.67. The van der Waals surface area contributed by atoms with Gasteiger partial charge in [-0.2, -0.15) is 0 Å². The van der Waals surface area contributed by atoms with Crippen LogP contribution in [0.25, 0.3) is 0 Å². The zero-order valence-electron chi connectivity index (χ0n) is 9.46. The Kier molecular flexibility index (Phi) is 1.18. The molecule has 0 aromatic rings. The van der Waals surface area contributed by atoms with E-state index < -0.39 is 0 Å². The number of fused-ring (bicyclic) bond motifs is 2. The summed E-state index contributed by atoms with van der Waals surface area (Å²) < 4.78 is 0. The van der Waals surface area contributed by atoms with Gasteiger partial charge in [0.05, 0.1) is 12.2 Å². The summed E-state index contributed by atoms with van der Waals surface area (Å²) in [6.45, 7) is 8.52. The molecule has 0 aromatic carbocycles. The topological polar surface area (TPSA) is 40.5 Å². The van der Waals surface area contributed by atoms with Crippen LogP contribution in [-0.4, -0.2) is 22.4 Å². The molecular weight excluding hydrogens is 176 g/mol. The van der Waals surface area contributed by atoms with E-state index in [1.807, 2.05) is 0 Å². The van der Waals surface area contributed by atoms with Crippen LogP contribution in [0.4, 0.5) is 0 Å². The van der Waals surface area contributed by atoms with Crippen molar-refractivity contribution in [2.75, 3.05) is 0 Å². The summed E-state index contributed by atoms with van der Waals surface area (Å²) in [5, 5.41) is 20.8. The second kappa shape index (κ2) is 1.80. The molecule has 14 heavy (non-hydrogen) atoms. The molecular formula is C12H20O2. The molecule has 3 saturated carbocycles. The fraction of sp³-hybridized carbons (Fsp3) is 1.00. The highest BCUT2D eigenvalue weighted by Gasteiger charge is 2.86. The Morgan fingerprint density at radius 2 is 0.929 bits per heavy atom. The van der Waals surface area contributed by atoms with Gasteiger partial charge in [0.25, 0.3) is 0 Å². The van der Waals surface area contributed by atoms with E-state index in [1.54, 1.807) is 0 Å². The van der Waals surface area contributed by atoms with Crippen molar-refractivity contribution in [3.05, 3.63) is 0 Å². The standard InChI is InChI=1S/C12H20O2/c1-9-5-10(9,2)8(14)12(4)6-11(12,3)7(9)13/h7-8,13-14H,5-6H2,1-4H3. The Balaban J connectivity index is 2.09. The first-order valence-electron chi connectivity index (χ1n) is 5.59. The molecule has 0 aromatic heterocycles. The summed E-state index contributed by atoms with van der Waals surface area (Å²) in [6, 6.07) is 0. The van der Waals surface area contributed by atoms with Gasteiger partial charge in [-0.1, -0.05) is 27.7 Å². The lowest BCUT2D eigenvalue weighted by Gasteiger charge is -2.42. The second-order valence-corrected chi connectivity index (χ2v) is 6.83. The SMILES string of the molecule is CC12CC1(C)C(O)C1(C)CC1(C)C2O. The number of rotatable bonds is 0. The van der Waals surface area contributed by atoms with Crippen molar-refractivity contribution in [1.29, 1.82) is 0 Å². The van der Waals surface area contributed by atoms with Crippen LogP contribution in [0, 0.1) is 21.7 Å². The monoisotopic (exact) mass is 196 g/mol. The zero-order valence-corrected chi connectivity index (χ0v) is 9.46. The van der Waals surface area contributed by atoms with Crippen molar-refractivity contribution >= 4 is 0 Å². The third-order valence-electron chi connectivity index (χ3n) is 6.24. The summed E-state index contributed by atoms with van der Waals surface area (Å²) in [4.78, 5) is 0. The molecule has 2 nitrogen and oxygen atoms in total. The van der Waals surface area contributed by atoms with Gasteiger partial charge >= 0.3 is 0 Å². The maximum Gasteiger partial charge on any atom is 0.0660 e. The van der Waals surface area contributed by atoms with Crippen molar-refractivity contribution in [3.8, 4) is 0 Å². The van der Waals surface area contributed by atoms with Crippen LogP contribution in [0.3, 0.4) is 0 Å². The third kappa shape index (κ3) is 0.570. The van der Waals surface area contributed by atoms with Crippen LogP contribution in [0.15, 0.2) is 0 Å². The van der Waals surface area contributed by atoms with E-state index in [2.05, 4.69) is 27.7 Å². The summed E-state index contributed by atoms with van der Waals surface area (Å²) in [6.07, 6.45) is 1.50. The molecule has 0 radical (unpaired) electrons. The Bertz CT molecular complexity index is 268. The predicted molar refractivity (Wildman–Crippen MR) is 53.7 cm³/mol. The number of aliphatic hydroxyl groups excluding tert-OH is 2. The van der Waals surface area contributed by atoms with E-state index in [9.17, 15) is 10.2 Å². The number of hydrogen-bond donors (Lipinski definition) is 2. The predicted octanol–water partition coefficient (Wildman–Crippen LogP) is 1.55. The third-order valence-corrected chi connectivity index (χ3v) is 6.24. The van der Waals surface area contributed by atoms with Crippen molar-refractivity contribution in [2.24, 2.45) is 21.7 Å². The van der Waals surface area contributed by atoms with Crippen LogP contribution in [0.2, 0.25) is 0 Å². The first-order chi connectivity index (χ1) is 6.22. The molecule has 0 heterocycles. The van der Waals surface area contributed by atoms with E-state index in [0.717, 1.165) is 12.8 Å². The maximum atomic E-state index is 10.4. The zero-order chi connectivity index (χ0) is 10.6. The average Bonchev–Trinajstić information content (AvgIpc) is 2.87. The minimum atomic E-state index is -0.228. The molecule has 0 aliphatic heterocycles. The van der Waals surface area contributed by atoms with Crippen LogP contribution < -0.4 is 0 Å². The first-order valence-corrected chi connectivity index (χ1v) is 5.59. The molecule has 0 bridgehead atoms. The number of hydrogen-bond acceptors (Lipinski definition) is 2. The smallest absolute Gasteiger partial charge is 0.0660 e. The fourth-order valence-corrected chi connectivity index (χ4v) is 4.48. The van der Waals surface area contributed by atoms with E-state index >= 15 is 0 Å². The quantitative estimate of drug-likeness (QED) is 0.617. The Labute approximate surface area is 85.3 Å². The molecule has 3 aliphatic rings. The van der Waals surface area contributed by atoms with Gasteiger partial charge < -0.3 is 10.2 Å². The molecule has 3 aliphatic carbocycles. The highest BCUT2D eigenvalue weighted by molar-refractivity contribution is 5.34. The largest absolute Gasteiger partial charge is 0.392 e. The second-order valence-electron chi connectivity index (χ2n) is 6.83. The minimum absolute atomic E-state index is 0.0306. The van der Waals surface area contributed by atoms with E-state index in [1.165, 1.54) is 0 Å². The Morgan fingerprint density at radius 1 is 0.714 bits per heavy atom. The van der Waals surface area contributed by atoms with Gasteiger partial charge in [-0.15, -0.1) is 0 Å². The van der Waals surface area contributed by atoms with Crippen molar-refractivity contribution in [2.45, 2.75) is 52.7 Å². The molecule has 4 unspecified atom stereocenters. The van der Waals surface area contributed by atoms with E-state index in [4.69, 9.17) is 0 Å². The Hall–Kier alpha value is -0.0800. The summed E-state index contributed by atoms with van der Waals surface area (Å²) >= 11 is 0. The van der Waals surface area contributed by atoms with Gasteiger partial charge in [-0.25, -0.2) is 0 Å². The molecule has 3 rings (SSSR count).